The lowest BCUT2D eigenvalue weighted by molar-refractivity contribution is -0.137. The third kappa shape index (κ3) is 3.65. The van der Waals surface area contributed by atoms with Gasteiger partial charge in [0.05, 0.1) is 25.1 Å². The van der Waals surface area contributed by atoms with Gasteiger partial charge in [-0.1, -0.05) is 18.2 Å². The number of carboxylic acid groups (broad SMARTS) is 1. The first-order valence-electron chi connectivity index (χ1n) is 7.63. The molecule has 1 aliphatic rings. The largest absolute Gasteiger partial charge is 0.497 e. The van der Waals surface area contributed by atoms with Gasteiger partial charge in [0.25, 0.3) is 5.91 Å². The molecule has 0 aromatic heterocycles. The first-order valence-corrected chi connectivity index (χ1v) is 7.63. The Bertz CT molecular complexity index is 787. The number of nitrogens with one attached hydrogen (secondary N) is 1. The van der Waals surface area contributed by atoms with Crippen molar-refractivity contribution in [2.24, 2.45) is 0 Å². The minimum Gasteiger partial charge on any atom is -0.497 e. The predicted molar refractivity (Wildman–Crippen MR) is 88.0 cm³/mol. The Hall–Kier alpha value is -3.22. The van der Waals surface area contributed by atoms with E-state index in [2.05, 4.69) is 5.32 Å². The van der Waals surface area contributed by atoms with E-state index in [-0.39, 0.29) is 13.2 Å². The van der Waals surface area contributed by atoms with Crippen LogP contribution in [0.25, 0.3) is 0 Å². The number of rotatable bonds is 6. The molecule has 130 valence electrons. The number of fused-ring (bicyclic) bond motifs is 1. The van der Waals surface area contributed by atoms with E-state index in [0.29, 0.717) is 28.4 Å². The molecule has 0 bridgehead atoms. The van der Waals surface area contributed by atoms with Gasteiger partial charge in [-0.05, 0) is 29.8 Å². The molecule has 1 atom stereocenters. The molecular formula is C18H17NO6. The second-order valence-electron chi connectivity index (χ2n) is 5.44. The van der Waals surface area contributed by atoms with Crippen molar-refractivity contribution >= 4 is 11.9 Å². The van der Waals surface area contributed by atoms with E-state index in [1.165, 1.54) is 0 Å². The molecule has 25 heavy (non-hydrogen) atoms. The highest BCUT2D eigenvalue weighted by Gasteiger charge is 2.25. The normalized spacial score (nSPS) is 13.2. The van der Waals surface area contributed by atoms with Crippen LogP contribution in [0.2, 0.25) is 0 Å². The number of hydrogen-bond donors (Lipinski definition) is 2. The van der Waals surface area contributed by atoms with Crippen LogP contribution in [-0.2, 0) is 4.79 Å². The number of carboxylic acids is 1. The number of amides is 1. The molecule has 7 heteroatoms. The van der Waals surface area contributed by atoms with Crippen LogP contribution in [0.5, 0.6) is 17.2 Å². The summed E-state index contributed by atoms with van der Waals surface area (Å²) in [5, 5.41) is 11.9. The molecule has 2 aromatic rings. The summed E-state index contributed by atoms with van der Waals surface area (Å²) in [5.41, 5.74) is 0.972. The Labute approximate surface area is 144 Å². The van der Waals surface area contributed by atoms with Gasteiger partial charge in [0, 0.05) is 0 Å². The Morgan fingerprint density at radius 1 is 1.20 bits per heavy atom. The monoisotopic (exact) mass is 343 g/mol. The number of aliphatic carboxylic acids is 1. The van der Waals surface area contributed by atoms with Gasteiger partial charge < -0.3 is 24.6 Å². The van der Waals surface area contributed by atoms with E-state index in [1.807, 2.05) is 0 Å². The Morgan fingerprint density at radius 3 is 2.64 bits per heavy atom. The van der Waals surface area contributed by atoms with Crippen LogP contribution in [0.4, 0.5) is 0 Å². The topological polar surface area (TPSA) is 94.1 Å². The van der Waals surface area contributed by atoms with Crippen molar-refractivity contribution in [2.75, 3.05) is 13.9 Å². The van der Waals surface area contributed by atoms with E-state index >= 15 is 0 Å². The van der Waals surface area contributed by atoms with E-state index in [1.54, 1.807) is 49.6 Å². The molecule has 2 N–H and O–H groups in total. The summed E-state index contributed by atoms with van der Waals surface area (Å²) >= 11 is 0. The fourth-order valence-corrected chi connectivity index (χ4v) is 2.61. The first kappa shape index (κ1) is 16.6. The number of hydrogen-bond acceptors (Lipinski definition) is 5. The van der Waals surface area contributed by atoms with Crippen molar-refractivity contribution in [3.63, 3.8) is 0 Å². The highest BCUT2D eigenvalue weighted by atomic mass is 16.7. The summed E-state index contributed by atoms with van der Waals surface area (Å²) in [6, 6.07) is 11.2. The predicted octanol–water partition coefficient (Wildman–Crippen LogP) is 2.37. The van der Waals surface area contributed by atoms with E-state index in [9.17, 15) is 9.59 Å². The average Bonchev–Trinajstić information content (AvgIpc) is 3.09. The van der Waals surface area contributed by atoms with Gasteiger partial charge in [-0.15, -0.1) is 0 Å². The van der Waals surface area contributed by atoms with E-state index in [0.717, 1.165) is 0 Å². The van der Waals surface area contributed by atoms with Gasteiger partial charge in [0.15, 0.2) is 11.5 Å². The second kappa shape index (κ2) is 7.12. The molecule has 1 amide bonds. The molecule has 0 spiro atoms. The zero-order valence-electron chi connectivity index (χ0n) is 13.5. The summed E-state index contributed by atoms with van der Waals surface area (Å²) in [5.74, 6) is 0.0645. The fourth-order valence-electron chi connectivity index (χ4n) is 2.61. The van der Waals surface area contributed by atoms with Crippen LogP contribution in [0.3, 0.4) is 0 Å². The molecule has 0 fully saturated rings. The molecule has 1 heterocycles. The van der Waals surface area contributed by atoms with Crippen molar-refractivity contribution in [3.8, 4) is 17.2 Å². The number of carbonyl (C=O) groups is 2. The first-order chi connectivity index (χ1) is 12.1. The quantitative estimate of drug-likeness (QED) is 0.836. The van der Waals surface area contributed by atoms with E-state index < -0.39 is 17.9 Å². The third-order valence-corrected chi connectivity index (χ3v) is 3.84. The minimum absolute atomic E-state index is 0.0522. The molecule has 1 aliphatic heterocycles. The van der Waals surface area contributed by atoms with Gasteiger partial charge in [-0.2, -0.15) is 0 Å². The molecule has 0 saturated carbocycles. The molecule has 7 nitrogen and oxygen atoms in total. The van der Waals surface area contributed by atoms with Crippen molar-refractivity contribution in [2.45, 2.75) is 12.5 Å². The van der Waals surface area contributed by atoms with E-state index in [4.69, 9.17) is 19.3 Å². The van der Waals surface area contributed by atoms with Crippen LogP contribution < -0.4 is 19.5 Å². The summed E-state index contributed by atoms with van der Waals surface area (Å²) in [6.45, 7) is 0.0522. The van der Waals surface area contributed by atoms with Crippen LogP contribution in [0, 0.1) is 0 Å². The molecule has 2 aromatic carbocycles. The zero-order valence-corrected chi connectivity index (χ0v) is 13.5. The maximum atomic E-state index is 12.6. The molecule has 0 radical (unpaired) electrons. The van der Waals surface area contributed by atoms with Crippen LogP contribution in [-0.4, -0.2) is 30.9 Å². The van der Waals surface area contributed by atoms with Gasteiger partial charge in [-0.3, -0.25) is 9.59 Å². The number of carbonyl (C=O) groups excluding carboxylic acids is 1. The molecule has 3 rings (SSSR count). The van der Waals surface area contributed by atoms with Crippen LogP contribution in [0.15, 0.2) is 42.5 Å². The molecular weight excluding hydrogens is 326 g/mol. The molecule has 0 aliphatic carbocycles. The number of benzene rings is 2. The number of ether oxygens (including phenoxy) is 3. The lowest BCUT2D eigenvalue weighted by atomic mass is 10.0. The summed E-state index contributed by atoms with van der Waals surface area (Å²) in [7, 11) is 1.55. The Morgan fingerprint density at radius 2 is 1.96 bits per heavy atom. The maximum absolute atomic E-state index is 12.6. The van der Waals surface area contributed by atoms with Gasteiger partial charge in [0.1, 0.15) is 5.75 Å². The average molecular weight is 343 g/mol. The molecule has 0 unspecified atom stereocenters. The summed E-state index contributed by atoms with van der Waals surface area (Å²) < 4.78 is 15.7. The number of methoxy groups -OCH3 is 1. The summed E-state index contributed by atoms with van der Waals surface area (Å²) in [6.07, 6.45) is -0.246. The molecule has 0 saturated heterocycles. The Balaban J connectivity index is 1.83. The number of para-hydroxylation sites is 1. The van der Waals surface area contributed by atoms with Crippen molar-refractivity contribution < 1.29 is 28.9 Å². The fraction of sp³-hybridized carbons (Fsp3) is 0.222. The standard InChI is InChI=1S/C18H17NO6/c1-23-12-7-5-11(6-8-12)14(9-16(20)21)19-18(22)13-3-2-4-15-17(13)25-10-24-15/h2-8,14H,9-10H2,1H3,(H,19,22)(H,20,21)/t14-/m0/s1. The van der Waals surface area contributed by atoms with Gasteiger partial charge in [0.2, 0.25) is 6.79 Å². The second-order valence-corrected chi connectivity index (χ2v) is 5.44. The minimum atomic E-state index is -1.01. The third-order valence-electron chi connectivity index (χ3n) is 3.84. The van der Waals surface area contributed by atoms with Gasteiger partial charge >= 0.3 is 5.97 Å². The van der Waals surface area contributed by atoms with Crippen molar-refractivity contribution in [3.05, 3.63) is 53.6 Å². The van der Waals surface area contributed by atoms with Crippen LogP contribution >= 0.6 is 0 Å². The van der Waals surface area contributed by atoms with Crippen molar-refractivity contribution in [1.29, 1.82) is 0 Å². The van der Waals surface area contributed by atoms with Gasteiger partial charge in [-0.25, -0.2) is 0 Å². The highest BCUT2D eigenvalue weighted by molar-refractivity contribution is 5.98. The summed E-state index contributed by atoms with van der Waals surface area (Å²) in [4.78, 5) is 23.8. The maximum Gasteiger partial charge on any atom is 0.305 e. The SMILES string of the molecule is COc1ccc([C@H](CC(=O)O)NC(=O)c2cccc3c2OCO3)cc1. The Kier molecular flexibility index (Phi) is 4.74. The lowest BCUT2D eigenvalue weighted by Crippen LogP contribution is -2.30. The van der Waals surface area contributed by atoms with Crippen molar-refractivity contribution in [1.82, 2.24) is 5.32 Å². The van der Waals surface area contributed by atoms with Crippen LogP contribution in [0.1, 0.15) is 28.4 Å². The highest BCUT2D eigenvalue weighted by Crippen LogP contribution is 2.35. The lowest BCUT2D eigenvalue weighted by Gasteiger charge is -2.18. The smallest absolute Gasteiger partial charge is 0.305 e. The zero-order chi connectivity index (χ0) is 17.8.